The van der Waals surface area contributed by atoms with Crippen LogP contribution in [0.1, 0.15) is 37.0 Å². The first-order valence-corrected chi connectivity index (χ1v) is 15.1. The molecule has 5 heterocycles. The predicted octanol–water partition coefficient (Wildman–Crippen LogP) is 6.69. The zero-order valence-electron chi connectivity index (χ0n) is 21.1. The van der Waals surface area contributed by atoms with Gasteiger partial charge in [-0.1, -0.05) is 23.2 Å². The van der Waals surface area contributed by atoms with Crippen molar-refractivity contribution >= 4 is 50.5 Å². The van der Waals surface area contributed by atoms with Crippen molar-refractivity contribution in [3.05, 3.63) is 64.0 Å². The normalized spacial score (nSPS) is 19.3. The second kappa shape index (κ2) is 9.84. The van der Waals surface area contributed by atoms with Crippen LogP contribution in [-0.4, -0.2) is 53.9 Å². The predicted molar refractivity (Wildman–Crippen MR) is 154 cm³/mol. The van der Waals surface area contributed by atoms with E-state index >= 15 is 0 Å². The van der Waals surface area contributed by atoms with E-state index in [0.717, 1.165) is 23.7 Å². The summed E-state index contributed by atoms with van der Waals surface area (Å²) in [5.74, 6) is 2.13. The van der Waals surface area contributed by atoms with Gasteiger partial charge in [0, 0.05) is 65.1 Å². The maximum Gasteiger partial charge on any atom is 0.146 e. The maximum absolute atomic E-state index is 10.2. The molecule has 0 saturated carbocycles. The number of nitrogens with one attached hydrogen (secondary N) is 1. The quantitative estimate of drug-likeness (QED) is 0.236. The molecule has 2 aliphatic rings. The van der Waals surface area contributed by atoms with Gasteiger partial charge in [-0.15, -0.1) is 0 Å². The van der Waals surface area contributed by atoms with Crippen LogP contribution in [0.5, 0.6) is 5.75 Å². The van der Waals surface area contributed by atoms with E-state index in [0.29, 0.717) is 68.6 Å². The molecule has 3 aromatic heterocycles. The molecule has 2 aliphatic heterocycles. The minimum Gasteiger partial charge on any atom is -0.486 e. The Hall–Kier alpha value is -3.07. The van der Waals surface area contributed by atoms with Crippen LogP contribution >= 0.6 is 33.8 Å². The summed E-state index contributed by atoms with van der Waals surface area (Å²) in [6.45, 7) is 3.20. The Morgan fingerprint density at radius 2 is 1.95 bits per heavy atom. The number of aromatic amines is 1. The molecule has 0 bridgehead atoms. The molecule has 202 valence electrons. The number of aromatic nitrogens is 4. The van der Waals surface area contributed by atoms with Crippen LogP contribution in [-0.2, 0) is 0 Å². The van der Waals surface area contributed by atoms with Crippen molar-refractivity contribution in [2.45, 2.75) is 25.9 Å². The molecule has 2 saturated heterocycles. The Morgan fingerprint density at radius 1 is 1.18 bits per heavy atom. The summed E-state index contributed by atoms with van der Waals surface area (Å²) in [6, 6.07) is 9.68. The number of hydrogen-bond acceptors (Lipinski definition) is 8. The van der Waals surface area contributed by atoms with Gasteiger partial charge in [0.25, 0.3) is 0 Å². The number of nitrogens with zero attached hydrogens (tertiary/aromatic N) is 5. The lowest BCUT2D eigenvalue weighted by atomic mass is 9.77. The summed E-state index contributed by atoms with van der Waals surface area (Å²) < 4.78 is 26.6. The largest absolute Gasteiger partial charge is 0.486 e. The number of ether oxygens (including phenoxy) is 1. The molecule has 0 amide bonds. The summed E-state index contributed by atoms with van der Waals surface area (Å²) in [7, 11) is -2.51. The first-order valence-electron chi connectivity index (χ1n) is 12.5. The van der Waals surface area contributed by atoms with Crippen LogP contribution in [0.4, 0.5) is 5.82 Å². The van der Waals surface area contributed by atoms with Crippen LogP contribution in [0.3, 0.4) is 0 Å². The van der Waals surface area contributed by atoms with Crippen LogP contribution in [0.15, 0.2) is 42.9 Å². The Labute approximate surface area is 237 Å². The van der Waals surface area contributed by atoms with Crippen molar-refractivity contribution < 1.29 is 13.8 Å². The Balaban J connectivity index is 1.25. The van der Waals surface area contributed by atoms with E-state index in [1.807, 2.05) is 25.1 Å². The lowest BCUT2D eigenvalue weighted by Gasteiger charge is -2.57. The highest BCUT2D eigenvalue weighted by atomic mass is 35.5. The van der Waals surface area contributed by atoms with Crippen molar-refractivity contribution in [2.75, 3.05) is 29.5 Å². The lowest BCUT2D eigenvalue weighted by molar-refractivity contribution is 0.207. The fraction of sp³-hybridized carbons (Fsp3) is 0.333. The van der Waals surface area contributed by atoms with Crippen LogP contribution in [0.25, 0.3) is 22.2 Å². The molecule has 1 atom stereocenters. The number of rotatable bonds is 5. The third kappa shape index (κ3) is 4.90. The van der Waals surface area contributed by atoms with Gasteiger partial charge < -0.3 is 9.64 Å². The topological polar surface area (TPSA) is 131 Å². The molecule has 39 heavy (non-hydrogen) atoms. The molecule has 4 aromatic rings. The van der Waals surface area contributed by atoms with E-state index in [1.54, 1.807) is 12.3 Å². The number of H-pyrrole nitrogens is 1. The Morgan fingerprint density at radius 3 is 2.67 bits per heavy atom. The maximum atomic E-state index is 10.2. The molecular formula is C27H26Cl2N6O3S. The lowest BCUT2D eigenvalue weighted by Crippen LogP contribution is -2.60. The molecule has 9 nitrogen and oxygen atoms in total. The first-order chi connectivity index (χ1) is 18.7. The molecule has 3 N–H and O–H groups in total. The van der Waals surface area contributed by atoms with E-state index in [4.69, 9.17) is 27.9 Å². The summed E-state index contributed by atoms with van der Waals surface area (Å²) in [6.07, 6.45) is 6.14. The molecule has 1 unspecified atom stereocenters. The molecule has 2 fully saturated rings. The minimum absolute atomic E-state index is 0.110. The second-order valence-corrected chi connectivity index (χ2v) is 13.5. The van der Waals surface area contributed by atoms with E-state index in [1.165, 1.54) is 12.4 Å². The van der Waals surface area contributed by atoms with Gasteiger partial charge >= 0.3 is 0 Å². The van der Waals surface area contributed by atoms with Gasteiger partial charge in [-0.05, 0) is 44.0 Å². The van der Waals surface area contributed by atoms with Gasteiger partial charge in [-0.3, -0.25) is 19.2 Å². The second-order valence-electron chi connectivity index (χ2n) is 10.4. The zero-order valence-corrected chi connectivity index (χ0v) is 23.4. The molecule has 0 radical (unpaired) electrons. The zero-order chi connectivity index (χ0) is 27.4. The number of pyridine rings is 2. The van der Waals surface area contributed by atoms with Crippen molar-refractivity contribution in [1.82, 2.24) is 20.2 Å². The molecular weight excluding hydrogens is 559 g/mol. The van der Waals surface area contributed by atoms with Crippen LogP contribution in [0.2, 0.25) is 10.0 Å². The fourth-order valence-electron chi connectivity index (χ4n) is 5.76. The van der Waals surface area contributed by atoms with Gasteiger partial charge in [-0.2, -0.15) is 21.0 Å². The van der Waals surface area contributed by atoms with Gasteiger partial charge in [0.2, 0.25) is 0 Å². The van der Waals surface area contributed by atoms with Crippen molar-refractivity contribution in [1.29, 1.82) is 5.26 Å². The van der Waals surface area contributed by atoms with Gasteiger partial charge in [-0.25, -0.2) is 4.98 Å². The molecule has 1 aromatic carbocycles. The highest BCUT2D eigenvalue weighted by molar-refractivity contribution is 8.24. The fourth-order valence-corrected chi connectivity index (χ4v) is 8.49. The van der Waals surface area contributed by atoms with Crippen molar-refractivity contribution in [3.8, 4) is 23.1 Å². The standard InChI is InChI=1S/C27H26Cl2N6O3S/c1-16(24-21(28)11-31-12-22(24)29)38-19-3-4-23-20(8-19)25(34-33-23)18-7-17(9-30)26(32-10-18)35-13-27(14-35)5-2-6-39(36,37)15-27/h3-4,7-8,10-12,16,36-37H,2,5-6,13-15H2,1H3,(H,33,34). The number of anilines is 1. The molecule has 1 spiro atoms. The minimum atomic E-state index is -2.51. The summed E-state index contributed by atoms with van der Waals surface area (Å²) in [5, 5.41) is 19.2. The number of benzene rings is 1. The molecule has 6 rings (SSSR count). The average Bonchev–Trinajstić information content (AvgIpc) is 3.29. The smallest absolute Gasteiger partial charge is 0.146 e. The summed E-state index contributed by atoms with van der Waals surface area (Å²) in [4.78, 5) is 10.7. The number of nitriles is 1. The monoisotopic (exact) mass is 584 g/mol. The van der Waals surface area contributed by atoms with Crippen LogP contribution < -0.4 is 9.64 Å². The van der Waals surface area contributed by atoms with Crippen LogP contribution in [0, 0.1) is 16.7 Å². The van der Waals surface area contributed by atoms with Gasteiger partial charge in [0.1, 0.15) is 29.4 Å². The third-order valence-corrected chi connectivity index (χ3v) is 10.1. The Bertz CT molecular complexity index is 1590. The van der Waals surface area contributed by atoms with Crippen molar-refractivity contribution in [3.63, 3.8) is 0 Å². The van der Waals surface area contributed by atoms with E-state index < -0.39 is 16.7 Å². The SMILES string of the molecule is CC(Oc1ccc2[nH]nc(-c3cnc(N4CC5(CCCS(O)(O)C5)C4)c(C#N)c3)c2c1)c1c(Cl)cncc1Cl. The van der Waals surface area contributed by atoms with E-state index in [-0.39, 0.29) is 5.41 Å². The Kier molecular flexibility index (Phi) is 6.60. The summed E-state index contributed by atoms with van der Waals surface area (Å²) in [5.41, 5.74) is 3.16. The van der Waals surface area contributed by atoms with Crippen molar-refractivity contribution in [2.24, 2.45) is 5.41 Å². The highest BCUT2D eigenvalue weighted by Crippen LogP contribution is 2.55. The molecule has 12 heteroatoms. The highest BCUT2D eigenvalue weighted by Gasteiger charge is 2.48. The number of hydrogen-bond donors (Lipinski definition) is 3. The summed E-state index contributed by atoms with van der Waals surface area (Å²) >= 11 is 12.6. The average molecular weight is 586 g/mol. The van der Waals surface area contributed by atoms with Gasteiger partial charge in [0.15, 0.2) is 0 Å². The number of halogens is 2. The van der Waals surface area contributed by atoms with Gasteiger partial charge in [0.05, 0.1) is 21.1 Å². The first kappa shape index (κ1) is 26.2. The molecule has 0 aliphatic carbocycles. The van der Waals surface area contributed by atoms with E-state index in [2.05, 4.69) is 31.1 Å². The third-order valence-electron chi connectivity index (χ3n) is 7.47. The van der Waals surface area contributed by atoms with E-state index in [9.17, 15) is 14.4 Å². The number of fused-ring (bicyclic) bond motifs is 1.